The fraction of sp³-hybridized carbons (Fsp3) is 0.214. The standard InChI is InChI=1S/C14H13NO4/c1-19-13(17)7-6-9(16)8-12-14(18)10-4-2-3-5-11(10)15-12/h2-5,8,15H,6-7H2,1H3/b12-8+. The van der Waals surface area contributed by atoms with E-state index in [1.807, 2.05) is 0 Å². The summed E-state index contributed by atoms with van der Waals surface area (Å²) >= 11 is 0. The molecule has 1 N–H and O–H groups in total. The number of Topliss-reactive ketones (excluding diaryl/α,β-unsaturated/α-hetero) is 1. The van der Waals surface area contributed by atoms with Crippen LogP contribution in [0.3, 0.4) is 0 Å². The largest absolute Gasteiger partial charge is 0.469 e. The zero-order valence-corrected chi connectivity index (χ0v) is 10.4. The van der Waals surface area contributed by atoms with E-state index in [-0.39, 0.29) is 30.1 Å². The Bertz CT molecular complexity index is 575. The molecule has 0 aliphatic carbocycles. The van der Waals surface area contributed by atoms with Crippen LogP contribution in [0.25, 0.3) is 0 Å². The van der Waals surface area contributed by atoms with Gasteiger partial charge < -0.3 is 10.1 Å². The second-order valence-corrected chi connectivity index (χ2v) is 4.10. The van der Waals surface area contributed by atoms with E-state index in [0.29, 0.717) is 11.3 Å². The van der Waals surface area contributed by atoms with E-state index >= 15 is 0 Å². The van der Waals surface area contributed by atoms with E-state index in [1.165, 1.54) is 13.2 Å². The molecule has 0 radical (unpaired) electrons. The van der Waals surface area contributed by atoms with Gasteiger partial charge in [0.05, 0.1) is 19.2 Å². The molecule has 2 rings (SSSR count). The summed E-state index contributed by atoms with van der Waals surface area (Å²) in [7, 11) is 1.27. The molecule has 0 spiro atoms. The first-order valence-electron chi connectivity index (χ1n) is 5.84. The summed E-state index contributed by atoms with van der Waals surface area (Å²) in [4.78, 5) is 34.5. The van der Waals surface area contributed by atoms with Crippen LogP contribution in [0.15, 0.2) is 36.0 Å². The number of hydrogen-bond acceptors (Lipinski definition) is 5. The topological polar surface area (TPSA) is 72.5 Å². The predicted molar refractivity (Wildman–Crippen MR) is 68.7 cm³/mol. The molecule has 0 fully saturated rings. The van der Waals surface area contributed by atoms with E-state index in [2.05, 4.69) is 10.1 Å². The van der Waals surface area contributed by atoms with Crippen LogP contribution in [0, 0.1) is 0 Å². The Morgan fingerprint density at radius 3 is 2.68 bits per heavy atom. The summed E-state index contributed by atoms with van der Waals surface area (Å²) in [6.07, 6.45) is 1.28. The maximum atomic E-state index is 12.0. The van der Waals surface area contributed by atoms with Gasteiger partial charge in [-0.2, -0.15) is 0 Å². The molecule has 0 unspecified atom stereocenters. The third-order valence-electron chi connectivity index (χ3n) is 2.79. The molecule has 0 saturated heterocycles. The number of carbonyl (C=O) groups is 3. The highest BCUT2D eigenvalue weighted by molar-refractivity contribution is 6.20. The number of anilines is 1. The molecule has 5 nitrogen and oxygen atoms in total. The van der Waals surface area contributed by atoms with Crippen molar-refractivity contribution in [3.8, 4) is 0 Å². The van der Waals surface area contributed by atoms with Gasteiger partial charge in [0.2, 0.25) is 5.78 Å². The molecule has 1 aliphatic heterocycles. The molecule has 0 amide bonds. The minimum atomic E-state index is -0.444. The Hall–Kier alpha value is -2.43. The lowest BCUT2D eigenvalue weighted by molar-refractivity contribution is -0.141. The number of hydrogen-bond donors (Lipinski definition) is 1. The molecule has 1 aliphatic rings. The van der Waals surface area contributed by atoms with Crippen molar-refractivity contribution in [2.24, 2.45) is 0 Å². The second-order valence-electron chi connectivity index (χ2n) is 4.10. The van der Waals surface area contributed by atoms with Gasteiger partial charge in [0.15, 0.2) is 5.78 Å². The first kappa shape index (κ1) is 13.0. The lowest BCUT2D eigenvalue weighted by Crippen LogP contribution is -2.07. The number of ketones is 2. The normalized spacial score (nSPS) is 15.0. The number of methoxy groups -OCH3 is 1. The van der Waals surface area contributed by atoms with Crippen molar-refractivity contribution in [3.05, 3.63) is 41.6 Å². The van der Waals surface area contributed by atoms with Gasteiger partial charge >= 0.3 is 5.97 Å². The molecule has 98 valence electrons. The highest BCUT2D eigenvalue weighted by atomic mass is 16.5. The van der Waals surface area contributed by atoms with Crippen molar-refractivity contribution < 1.29 is 19.1 Å². The Morgan fingerprint density at radius 2 is 2.00 bits per heavy atom. The zero-order chi connectivity index (χ0) is 13.8. The Labute approximate surface area is 110 Å². The van der Waals surface area contributed by atoms with Crippen LogP contribution in [0.2, 0.25) is 0 Å². The van der Waals surface area contributed by atoms with Crippen LogP contribution in [0.1, 0.15) is 23.2 Å². The van der Waals surface area contributed by atoms with Crippen molar-refractivity contribution in [1.82, 2.24) is 0 Å². The molecular weight excluding hydrogens is 246 g/mol. The molecule has 0 aromatic heterocycles. The third-order valence-corrected chi connectivity index (χ3v) is 2.79. The van der Waals surface area contributed by atoms with Gasteiger partial charge in [-0.05, 0) is 12.1 Å². The molecule has 0 bridgehead atoms. The van der Waals surface area contributed by atoms with Gasteiger partial charge in [0.1, 0.15) is 0 Å². The minimum absolute atomic E-state index is 0.0141. The van der Waals surface area contributed by atoms with Crippen molar-refractivity contribution in [2.75, 3.05) is 12.4 Å². The van der Waals surface area contributed by atoms with E-state index in [4.69, 9.17) is 0 Å². The van der Waals surface area contributed by atoms with Crippen LogP contribution in [-0.2, 0) is 14.3 Å². The quantitative estimate of drug-likeness (QED) is 0.658. The highest BCUT2D eigenvalue weighted by Crippen LogP contribution is 2.27. The average Bonchev–Trinajstić information content (AvgIpc) is 2.73. The first-order chi connectivity index (χ1) is 9.11. The van der Waals surface area contributed by atoms with Gasteiger partial charge in [-0.3, -0.25) is 14.4 Å². The zero-order valence-electron chi connectivity index (χ0n) is 10.4. The molecule has 0 atom stereocenters. The lowest BCUT2D eigenvalue weighted by Gasteiger charge is -1.98. The number of esters is 1. The van der Waals surface area contributed by atoms with Crippen LogP contribution in [-0.4, -0.2) is 24.6 Å². The van der Waals surface area contributed by atoms with Crippen molar-refractivity contribution in [1.29, 1.82) is 0 Å². The lowest BCUT2D eigenvalue weighted by atomic mass is 10.1. The molecule has 5 heteroatoms. The summed E-state index contributed by atoms with van der Waals surface area (Å²) in [6.45, 7) is 0. The number of para-hydroxylation sites is 1. The van der Waals surface area contributed by atoms with Gasteiger partial charge in [0, 0.05) is 23.7 Å². The summed E-state index contributed by atoms with van der Waals surface area (Å²) in [5.41, 5.74) is 1.49. The number of nitrogens with one attached hydrogen (secondary N) is 1. The van der Waals surface area contributed by atoms with Gasteiger partial charge in [0.25, 0.3) is 0 Å². The molecular formula is C14H13NO4. The van der Waals surface area contributed by atoms with Crippen LogP contribution >= 0.6 is 0 Å². The van der Waals surface area contributed by atoms with E-state index in [0.717, 1.165) is 0 Å². The van der Waals surface area contributed by atoms with E-state index in [9.17, 15) is 14.4 Å². The fourth-order valence-corrected chi connectivity index (χ4v) is 1.80. The number of benzene rings is 1. The van der Waals surface area contributed by atoms with Crippen LogP contribution < -0.4 is 5.32 Å². The molecule has 19 heavy (non-hydrogen) atoms. The van der Waals surface area contributed by atoms with Gasteiger partial charge in [-0.1, -0.05) is 12.1 Å². The Kier molecular flexibility index (Phi) is 3.75. The Morgan fingerprint density at radius 1 is 1.26 bits per heavy atom. The average molecular weight is 259 g/mol. The second kappa shape index (κ2) is 5.48. The smallest absolute Gasteiger partial charge is 0.305 e. The summed E-state index contributed by atoms with van der Waals surface area (Å²) in [6, 6.07) is 7.04. The fourth-order valence-electron chi connectivity index (χ4n) is 1.80. The number of rotatable bonds is 4. The number of carbonyl (C=O) groups excluding carboxylic acids is 3. The summed E-state index contributed by atoms with van der Waals surface area (Å²) < 4.78 is 4.45. The van der Waals surface area contributed by atoms with Crippen LogP contribution in [0.5, 0.6) is 0 Å². The van der Waals surface area contributed by atoms with Crippen LogP contribution in [0.4, 0.5) is 5.69 Å². The number of ether oxygens (including phenoxy) is 1. The predicted octanol–water partition coefficient (Wildman–Crippen LogP) is 1.70. The molecule has 0 saturated carbocycles. The minimum Gasteiger partial charge on any atom is -0.469 e. The van der Waals surface area contributed by atoms with Gasteiger partial charge in [-0.15, -0.1) is 0 Å². The SMILES string of the molecule is COC(=O)CCC(=O)/C=C1/Nc2ccccc2C1=O. The van der Waals surface area contributed by atoms with E-state index < -0.39 is 5.97 Å². The number of allylic oxidation sites excluding steroid dienone is 2. The molecule has 1 heterocycles. The van der Waals surface area contributed by atoms with Gasteiger partial charge in [-0.25, -0.2) is 0 Å². The Balaban J connectivity index is 2.04. The van der Waals surface area contributed by atoms with Crippen molar-refractivity contribution >= 4 is 23.2 Å². The maximum Gasteiger partial charge on any atom is 0.305 e. The maximum absolute atomic E-state index is 12.0. The molecule has 1 aromatic carbocycles. The van der Waals surface area contributed by atoms with Crippen molar-refractivity contribution in [2.45, 2.75) is 12.8 Å². The van der Waals surface area contributed by atoms with E-state index in [1.54, 1.807) is 24.3 Å². The first-order valence-corrected chi connectivity index (χ1v) is 5.84. The molecule has 1 aromatic rings. The number of fused-ring (bicyclic) bond motifs is 1. The highest BCUT2D eigenvalue weighted by Gasteiger charge is 2.24. The third kappa shape index (κ3) is 2.88. The monoisotopic (exact) mass is 259 g/mol. The summed E-state index contributed by atoms with van der Waals surface area (Å²) in [5, 5.41) is 2.89. The van der Waals surface area contributed by atoms with Crippen molar-refractivity contribution in [3.63, 3.8) is 0 Å². The summed E-state index contributed by atoms with van der Waals surface area (Å²) in [5.74, 6) is -0.934.